The summed E-state index contributed by atoms with van der Waals surface area (Å²) in [5.74, 6) is -0.159. The van der Waals surface area contributed by atoms with Crippen LogP contribution < -0.4 is 16.8 Å². The maximum atomic E-state index is 12.1. The van der Waals surface area contributed by atoms with Gasteiger partial charge in [0.1, 0.15) is 5.76 Å². The molecule has 0 bridgehead atoms. The van der Waals surface area contributed by atoms with E-state index in [2.05, 4.69) is 5.32 Å². The topological polar surface area (TPSA) is 111 Å². The van der Waals surface area contributed by atoms with Gasteiger partial charge < -0.3 is 21.2 Å². The maximum Gasteiger partial charge on any atom is 0.284 e. The van der Waals surface area contributed by atoms with Crippen LogP contribution in [0.15, 0.2) is 16.5 Å². The Morgan fingerprint density at radius 3 is 2.30 bits per heavy atom. The number of halogens is 1. The van der Waals surface area contributed by atoms with Crippen molar-refractivity contribution in [1.29, 1.82) is 0 Å². The first-order valence-corrected chi connectivity index (χ1v) is 6.36. The van der Waals surface area contributed by atoms with Crippen LogP contribution in [0.3, 0.4) is 0 Å². The van der Waals surface area contributed by atoms with Crippen molar-refractivity contribution >= 4 is 24.2 Å². The largest absolute Gasteiger partial charge is 0.454 e. The summed E-state index contributed by atoms with van der Waals surface area (Å²) in [7, 11) is 0. The molecule has 6 nitrogen and oxygen atoms in total. The van der Waals surface area contributed by atoms with Gasteiger partial charge in [-0.15, -0.1) is 12.4 Å². The van der Waals surface area contributed by atoms with E-state index in [-0.39, 0.29) is 30.6 Å². The second-order valence-corrected chi connectivity index (χ2v) is 4.50. The second-order valence-electron chi connectivity index (χ2n) is 4.50. The number of amides is 2. The Morgan fingerprint density at radius 1 is 1.30 bits per heavy atom. The number of hydrogen-bond donors (Lipinski definition) is 3. The Hall–Kier alpha value is -1.53. The average molecular weight is 304 g/mol. The molecule has 20 heavy (non-hydrogen) atoms. The van der Waals surface area contributed by atoms with E-state index in [0.29, 0.717) is 25.1 Å². The van der Waals surface area contributed by atoms with Crippen LogP contribution in [-0.4, -0.2) is 18.4 Å². The Morgan fingerprint density at radius 2 is 1.90 bits per heavy atom. The van der Waals surface area contributed by atoms with Gasteiger partial charge in [0, 0.05) is 6.54 Å². The Bertz CT molecular complexity index is 447. The first-order chi connectivity index (χ1) is 8.99. The van der Waals surface area contributed by atoms with Gasteiger partial charge in [-0.25, -0.2) is 0 Å². The summed E-state index contributed by atoms with van der Waals surface area (Å²) in [6, 6.07) is 3.10. The molecule has 0 unspecified atom stereocenters. The number of nitrogens with two attached hydrogens (primary N) is 2. The summed E-state index contributed by atoms with van der Waals surface area (Å²) >= 11 is 0. The monoisotopic (exact) mass is 303 g/mol. The molecule has 1 heterocycles. The molecule has 0 aliphatic carbocycles. The third kappa shape index (κ3) is 3.98. The van der Waals surface area contributed by atoms with Gasteiger partial charge in [0.05, 0.1) is 12.0 Å². The summed E-state index contributed by atoms with van der Waals surface area (Å²) in [6.45, 7) is 4.40. The molecule has 0 saturated heterocycles. The van der Waals surface area contributed by atoms with Crippen molar-refractivity contribution in [3.05, 3.63) is 23.7 Å². The van der Waals surface area contributed by atoms with E-state index in [1.54, 1.807) is 6.07 Å². The van der Waals surface area contributed by atoms with Crippen molar-refractivity contribution in [1.82, 2.24) is 5.32 Å². The Kier molecular flexibility index (Phi) is 7.31. The lowest BCUT2D eigenvalue weighted by Crippen LogP contribution is -2.44. The molecule has 0 aromatic carbocycles. The lowest BCUT2D eigenvalue weighted by atomic mass is 9.81. The zero-order chi connectivity index (χ0) is 14.5. The van der Waals surface area contributed by atoms with Gasteiger partial charge in [-0.2, -0.15) is 0 Å². The minimum absolute atomic E-state index is 0. The van der Waals surface area contributed by atoms with E-state index in [0.717, 1.165) is 0 Å². The highest BCUT2D eigenvalue weighted by atomic mass is 35.5. The fourth-order valence-electron chi connectivity index (χ4n) is 1.91. The van der Waals surface area contributed by atoms with Crippen LogP contribution in [0.4, 0.5) is 0 Å². The van der Waals surface area contributed by atoms with E-state index in [4.69, 9.17) is 15.9 Å². The SMILES string of the molecule is CCC(CC)(CN)C(=O)NCc1ccc(C(N)=O)o1.Cl. The molecule has 0 aliphatic heterocycles. The number of primary amides is 1. The van der Waals surface area contributed by atoms with Crippen molar-refractivity contribution in [3.63, 3.8) is 0 Å². The van der Waals surface area contributed by atoms with E-state index < -0.39 is 11.3 Å². The molecule has 0 spiro atoms. The molecule has 0 saturated carbocycles. The number of hydrogen-bond acceptors (Lipinski definition) is 4. The van der Waals surface area contributed by atoms with Gasteiger partial charge in [0.25, 0.3) is 5.91 Å². The quantitative estimate of drug-likeness (QED) is 0.702. The van der Waals surface area contributed by atoms with Crippen LogP contribution in [0, 0.1) is 5.41 Å². The first-order valence-electron chi connectivity index (χ1n) is 6.36. The van der Waals surface area contributed by atoms with Gasteiger partial charge in [-0.05, 0) is 25.0 Å². The molecule has 0 radical (unpaired) electrons. The molecule has 114 valence electrons. The van der Waals surface area contributed by atoms with Crippen LogP contribution in [0.5, 0.6) is 0 Å². The third-order valence-corrected chi connectivity index (χ3v) is 3.55. The molecule has 0 atom stereocenters. The summed E-state index contributed by atoms with van der Waals surface area (Å²) in [5, 5.41) is 2.78. The summed E-state index contributed by atoms with van der Waals surface area (Å²) in [5.41, 5.74) is 10.2. The molecule has 1 aromatic heterocycles. The van der Waals surface area contributed by atoms with Crippen LogP contribution in [0.1, 0.15) is 43.0 Å². The average Bonchev–Trinajstić information content (AvgIpc) is 2.88. The summed E-state index contributed by atoms with van der Waals surface area (Å²) < 4.78 is 5.19. The van der Waals surface area contributed by atoms with Gasteiger partial charge in [0.15, 0.2) is 5.76 Å². The van der Waals surface area contributed by atoms with E-state index in [1.165, 1.54) is 6.07 Å². The molecular weight excluding hydrogens is 282 g/mol. The maximum absolute atomic E-state index is 12.1. The molecular formula is C13H22ClN3O3. The lowest BCUT2D eigenvalue weighted by Gasteiger charge is -2.28. The molecule has 7 heteroatoms. The molecule has 0 fully saturated rings. The highest BCUT2D eigenvalue weighted by Gasteiger charge is 2.33. The minimum atomic E-state index is -0.629. The van der Waals surface area contributed by atoms with Gasteiger partial charge in [-0.3, -0.25) is 9.59 Å². The zero-order valence-corrected chi connectivity index (χ0v) is 12.6. The molecule has 1 rings (SSSR count). The van der Waals surface area contributed by atoms with Crippen molar-refractivity contribution in [2.75, 3.05) is 6.54 Å². The smallest absolute Gasteiger partial charge is 0.284 e. The number of furan rings is 1. The van der Waals surface area contributed by atoms with E-state index in [9.17, 15) is 9.59 Å². The van der Waals surface area contributed by atoms with E-state index >= 15 is 0 Å². The number of carbonyl (C=O) groups excluding carboxylic acids is 2. The number of carbonyl (C=O) groups is 2. The summed E-state index contributed by atoms with van der Waals surface area (Å²) in [4.78, 5) is 23.0. The normalized spacial score (nSPS) is 10.8. The zero-order valence-electron chi connectivity index (χ0n) is 11.8. The third-order valence-electron chi connectivity index (χ3n) is 3.55. The van der Waals surface area contributed by atoms with Crippen LogP contribution in [0.25, 0.3) is 0 Å². The highest BCUT2D eigenvalue weighted by molar-refractivity contribution is 5.89. The van der Waals surface area contributed by atoms with Gasteiger partial charge in [0.2, 0.25) is 5.91 Å². The van der Waals surface area contributed by atoms with Crippen molar-refractivity contribution in [2.45, 2.75) is 33.2 Å². The minimum Gasteiger partial charge on any atom is -0.454 e. The van der Waals surface area contributed by atoms with Crippen molar-refractivity contribution in [2.24, 2.45) is 16.9 Å². The predicted octanol–water partition coefficient (Wildman–Crippen LogP) is 1.18. The number of nitrogens with one attached hydrogen (secondary N) is 1. The fraction of sp³-hybridized carbons (Fsp3) is 0.538. The second kappa shape index (κ2) is 7.91. The van der Waals surface area contributed by atoms with Crippen molar-refractivity contribution in [3.8, 4) is 0 Å². The molecule has 5 N–H and O–H groups in total. The van der Waals surface area contributed by atoms with Gasteiger partial charge >= 0.3 is 0 Å². The molecule has 0 aliphatic rings. The summed E-state index contributed by atoms with van der Waals surface area (Å²) in [6.07, 6.45) is 1.35. The van der Waals surface area contributed by atoms with Crippen LogP contribution >= 0.6 is 12.4 Å². The Balaban J connectivity index is 0.00000361. The molecule has 1 aromatic rings. The predicted molar refractivity (Wildman–Crippen MR) is 78.4 cm³/mol. The highest BCUT2D eigenvalue weighted by Crippen LogP contribution is 2.25. The van der Waals surface area contributed by atoms with Crippen molar-refractivity contribution < 1.29 is 14.0 Å². The Labute approximate surface area is 124 Å². The molecule has 2 amide bonds. The van der Waals surface area contributed by atoms with Gasteiger partial charge in [-0.1, -0.05) is 13.8 Å². The number of rotatable bonds is 7. The van der Waals surface area contributed by atoms with Crippen LogP contribution in [0.2, 0.25) is 0 Å². The van der Waals surface area contributed by atoms with Crippen LogP contribution in [-0.2, 0) is 11.3 Å². The first kappa shape index (κ1) is 18.5. The standard InChI is InChI=1S/C13H21N3O3.ClH/c1-3-13(4-2,8-14)12(18)16-7-9-5-6-10(19-9)11(15)17;/h5-6H,3-4,7-8,14H2,1-2H3,(H2,15,17)(H,16,18);1H. The fourth-order valence-corrected chi connectivity index (χ4v) is 1.91. The lowest BCUT2D eigenvalue weighted by molar-refractivity contribution is -0.131. The van der Waals surface area contributed by atoms with E-state index in [1.807, 2.05) is 13.8 Å².